The monoisotopic (exact) mass is 577 g/mol. The SMILES string of the molecule is C1=CC2Oc3ccc(-c4ccccc4)cc3C2C(c2nc(-c3ccccc3)nc(-c3ccc4c(ccc5ccccc54)c3)n2)=C1. The molecular weight excluding hydrogens is 550 g/mol. The number of ether oxygens (including phenoxy) is 1. The number of aromatic nitrogens is 3. The highest BCUT2D eigenvalue weighted by Crippen LogP contribution is 2.48. The molecule has 0 amide bonds. The Labute approximate surface area is 261 Å². The molecule has 1 aliphatic carbocycles. The van der Waals surface area contributed by atoms with Crippen LogP contribution in [-0.2, 0) is 0 Å². The lowest BCUT2D eigenvalue weighted by Gasteiger charge is -2.22. The summed E-state index contributed by atoms with van der Waals surface area (Å²) >= 11 is 0. The van der Waals surface area contributed by atoms with Crippen molar-refractivity contribution in [3.8, 4) is 39.7 Å². The van der Waals surface area contributed by atoms with E-state index >= 15 is 0 Å². The third kappa shape index (κ3) is 4.42. The van der Waals surface area contributed by atoms with Crippen LogP contribution in [0.5, 0.6) is 5.75 Å². The smallest absolute Gasteiger partial charge is 0.164 e. The summed E-state index contributed by atoms with van der Waals surface area (Å²) in [5.74, 6) is 2.84. The predicted octanol–water partition coefficient (Wildman–Crippen LogP) is 9.68. The van der Waals surface area contributed by atoms with Crippen LogP contribution in [0.3, 0.4) is 0 Å². The zero-order valence-electron chi connectivity index (χ0n) is 24.3. The number of fused-ring (bicyclic) bond motifs is 6. The first-order valence-electron chi connectivity index (χ1n) is 15.3. The van der Waals surface area contributed by atoms with Gasteiger partial charge in [0.25, 0.3) is 0 Å². The van der Waals surface area contributed by atoms with E-state index in [9.17, 15) is 0 Å². The van der Waals surface area contributed by atoms with Crippen LogP contribution in [0, 0.1) is 0 Å². The van der Waals surface area contributed by atoms with Crippen LogP contribution >= 0.6 is 0 Å². The molecule has 4 nitrogen and oxygen atoms in total. The maximum Gasteiger partial charge on any atom is 0.164 e. The number of hydrogen-bond donors (Lipinski definition) is 0. The Balaban J connectivity index is 1.20. The lowest BCUT2D eigenvalue weighted by atomic mass is 9.83. The van der Waals surface area contributed by atoms with Crippen molar-refractivity contribution in [2.75, 3.05) is 0 Å². The largest absolute Gasteiger partial charge is 0.485 e. The maximum absolute atomic E-state index is 6.47. The van der Waals surface area contributed by atoms with Gasteiger partial charge in [0.2, 0.25) is 0 Å². The van der Waals surface area contributed by atoms with Gasteiger partial charge in [-0.15, -0.1) is 0 Å². The van der Waals surface area contributed by atoms with Crippen molar-refractivity contribution in [1.29, 1.82) is 0 Å². The molecule has 9 rings (SSSR count). The molecule has 45 heavy (non-hydrogen) atoms. The number of rotatable bonds is 4. The van der Waals surface area contributed by atoms with E-state index in [4.69, 9.17) is 19.7 Å². The van der Waals surface area contributed by atoms with Crippen LogP contribution in [0.4, 0.5) is 0 Å². The highest BCUT2D eigenvalue weighted by atomic mass is 16.5. The summed E-state index contributed by atoms with van der Waals surface area (Å²) in [6.45, 7) is 0. The molecule has 0 bridgehead atoms. The molecule has 2 atom stereocenters. The topological polar surface area (TPSA) is 47.9 Å². The van der Waals surface area contributed by atoms with E-state index in [0.717, 1.165) is 39.0 Å². The van der Waals surface area contributed by atoms with Gasteiger partial charge in [0.15, 0.2) is 17.5 Å². The van der Waals surface area contributed by atoms with E-state index < -0.39 is 0 Å². The van der Waals surface area contributed by atoms with Gasteiger partial charge in [-0.25, -0.2) is 15.0 Å². The van der Waals surface area contributed by atoms with Crippen molar-refractivity contribution in [3.05, 3.63) is 163 Å². The lowest BCUT2D eigenvalue weighted by molar-refractivity contribution is 0.271. The summed E-state index contributed by atoms with van der Waals surface area (Å²) in [7, 11) is 0. The molecular formula is C41H27N3O. The van der Waals surface area contributed by atoms with Crippen LogP contribution in [0.2, 0.25) is 0 Å². The van der Waals surface area contributed by atoms with E-state index in [2.05, 4.69) is 115 Å². The lowest BCUT2D eigenvalue weighted by Crippen LogP contribution is -2.20. The van der Waals surface area contributed by atoms with Gasteiger partial charge in [-0.2, -0.15) is 0 Å². The van der Waals surface area contributed by atoms with Crippen molar-refractivity contribution in [2.45, 2.75) is 12.0 Å². The van der Waals surface area contributed by atoms with Gasteiger partial charge in [-0.05, 0) is 56.9 Å². The Bertz CT molecular complexity index is 2310. The molecule has 0 saturated carbocycles. The zero-order valence-corrected chi connectivity index (χ0v) is 24.3. The molecule has 1 aliphatic heterocycles. The number of nitrogens with zero attached hydrogens (tertiary/aromatic N) is 3. The Morgan fingerprint density at radius 1 is 0.489 bits per heavy atom. The summed E-state index contributed by atoms with van der Waals surface area (Å²) in [5, 5.41) is 4.84. The molecule has 0 saturated heterocycles. The second-order valence-electron chi connectivity index (χ2n) is 11.6. The van der Waals surface area contributed by atoms with Gasteiger partial charge >= 0.3 is 0 Å². The third-order valence-electron chi connectivity index (χ3n) is 8.88. The Morgan fingerprint density at radius 3 is 2.00 bits per heavy atom. The van der Waals surface area contributed by atoms with Crippen LogP contribution in [-0.4, -0.2) is 21.1 Å². The summed E-state index contributed by atoms with van der Waals surface area (Å²) in [4.78, 5) is 15.3. The fourth-order valence-corrected chi connectivity index (χ4v) is 6.68. The Hall–Kier alpha value is -5.87. The first-order chi connectivity index (χ1) is 22.3. The standard InChI is InChI=1S/C41H27N3O/c1-3-10-26(11-4-1)29-21-23-36-35(25-29)38-34(16-9-17-37(38)45-36)41-43-39(28-13-5-2-6-14-28)42-40(44-41)31-20-22-33-30(24-31)19-18-27-12-7-8-15-32(27)33/h1-25,37-38H. The molecule has 2 unspecified atom stereocenters. The predicted molar refractivity (Wildman–Crippen MR) is 182 cm³/mol. The molecule has 2 heterocycles. The molecule has 0 spiro atoms. The highest BCUT2D eigenvalue weighted by molar-refractivity contribution is 6.08. The van der Waals surface area contributed by atoms with Gasteiger partial charge in [-0.3, -0.25) is 0 Å². The average Bonchev–Trinajstić information content (AvgIpc) is 3.50. The van der Waals surface area contributed by atoms with Gasteiger partial charge in [-0.1, -0.05) is 127 Å². The second-order valence-corrected chi connectivity index (χ2v) is 11.6. The average molecular weight is 578 g/mol. The van der Waals surface area contributed by atoms with Gasteiger partial charge in [0.1, 0.15) is 11.9 Å². The summed E-state index contributed by atoms with van der Waals surface area (Å²) in [5.41, 5.74) is 6.43. The molecule has 0 radical (unpaired) electrons. The van der Waals surface area contributed by atoms with Crippen LogP contribution in [0.1, 0.15) is 17.3 Å². The van der Waals surface area contributed by atoms with E-state index in [-0.39, 0.29) is 12.0 Å². The molecule has 1 aromatic heterocycles. The third-order valence-corrected chi connectivity index (χ3v) is 8.88. The Morgan fingerprint density at radius 2 is 1.16 bits per heavy atom. The van der Waals surface area contributed by atoms with E-state index in [1.807, 2.05) is 36.4 Å². The van der Waals surface area contributed by atoms with Gasteiger partial charge in [0, 0.05) is 22.3 Å². The minimum absolute atomic E-state index is 0.0319. The van der Waals surface area contributed by atoms with E-state index in [1.54, 1.807) is 0 Å². The first kappa shape index (κ1) is 25.6. The quantitative estimate of drug-likeness (QED) is 0.195. The number of benzene rings is 6. The van der Waals surface area contributed by atoms with Crippen molar-refractivity contribution < 1.29 is 4.74 Å². The highest BCUT2D eigenvalue weighted by Gasteiger charge is 2.38. The molecule has 4 heteroatoms. The molecule has 7 aromatic rings. The van der Waals surface area contributed by atoms with Crippen LogP contribution in [0.25, 0.3) is 61.0 Å². The zero-order chi connectivity index (χ0) is 29.7. The second kappa shape index (κ2) is 10.4. The maximum atomic E-state index is 6.47. The first-order valence-corrected chi connectivity index (χ1v) is 15.3. The fraction of sp³-hybridized carbons (Fsp3) is 0.0488. The van der Waals surface area contributed by atoms with Crippen LogP contribution < -0.4 is 4.74 Å². The minimum atomic E-state index is -0.125. The van der Waals surface area contributed by atoms with E-state index in [1.165, 1.54) is 21.7 Å². The van der Waals surface area contributed by atoms with Gasteiger partial charge in [0.05, 0.1) is 5.92 Å². The summed E-state index contributed by atoms with van der Waals surface area (Å²) < 4.78 is 6.47. The number of hydrogen-bond acceptors (Lipinski definition) is 4. The van der Waals surface area contributed by atoms with Crippen molar-refractivity contribution in [2.24, 2.45) is 0 Å². The van der Waals surface area contributed by atoms with Crippen molar-refractivity contribution in [1.82, 2.24) is 15.0 Å². The summed E-state index contributed by atoms with van der Waals surface area (Å²) in [6, 6.07) is 46.5. The summed E-state index contributed by atoms with van der Waals surface area (Å²) in [6.07, 6.45) is 6.20. The molecule has 6 aromatic carbocycles. The molecule has 0 N–H and O–H groups in total. The minimum Gasteiger partial charge on any atom is -0.485 e. The number of allylic oxidation sites excluding steroid dienone is 2. The van der Waals surface area contributed by atoms with Gasteiger partial charge < -0.3 is 4.74 Å². The normalized spacial score (nSPS) is 16.7. The van der Waals surface area contributed by atoms with Crippen molar-refractivity contribution in [3.63, 3.8) is 0 Å². The molecule has 212 valence electrons. The van der Waals surface area contributed by atoms with Crippen molar-refractivity contribution >= 4 is 27.1 Å². The van der Waals surface area contributed by atoms with E-state index in [0.29, 0.717) is 17.5 Å². The molecule has 0 fully saturated rings. The molecule has 2 aliphatic rings. The Kier molecular flexibility index (Phi) is 5.91. The fourth-order valence-electron chi connectivity index (χ4n) is 6.68. The van der Waals surface area contributed by atoms with Crippen LogP contribution in [0.15, 0.2) is 152 Å².